The molecule has 1 aromatic carbocycles. The van der Waals surface area contributed by atoms with Crippen LogP contribution in [0, 0.1) is 0 Å². The van der Waals surface area contributed by atoms with Crippen molar-refractivity contribution in [3.05, 3.63) is 34.5 Å². The molecule has 0 saturated carbocycles. The normalized spacial score (nSPS) is 15.7. The quantitative estimate of drug-likeness (QED) is 0.812. The zero-order valence-electron chi connectivity index (χ0n) is 8.98. The fourth-order valence-electron chi connectivity index (χ4n) is 1.86. The lowest BCUT2D eigenvalue weighted by molar-refractivity contribution is -0.0783. The minimum absolute atomic E-state index is 0.217. The molecular weight excluding hydrogens is 286 g/mol. The molecule has 17 heavy (non-hydrogen) atoms. The van der Waals surface area contributed by atoms with E-state index < -0.39 is 0 Å². The first-order valence-corrected chi connectivity index (χ1v) is 6.18. The highest BCUT2D eigenvalue weighted by atomic mass is 79.9. The number of amides is 1. The number of carbonyl (C=O) groups is 1. The summed E-state index contributed by atoms with van der Waals surface area (Å²) in [5.74, 6) is 0.0967. The van der Waals surface area contributed by atoms with Crippen LogP contribution in [-0.4, -0.2) is 24.1 Å². The number of furan rings is 1. The Morgan fingerprint density at radius 2 is 2.29 bits per heavy atom. The molecule has 0 N–H and O–H groups in total. The van der Waals surface area contributed by atoms with Crippen molar-refractivity contribution >= 4 is 32.8 Å². The molecule has 1 fully saturated rings. The van der Waals surface area contributed by atoms with Gasteiger partial charge in [0.25, 0.3) is 0 Å². The average molecular weight is 296 g/mol. The van der Waals surface area contributed by atoms with E-state index in [1.54, 1.807) is 6.07 Å². The third-order valence-electron chi connectivity index (χ3n) is 2.69. The second-order valence-corrected chi connectivity index (χ2v) is 4.72. The molecule has 0 aliphatic carbocycles. The Labute approximate surface area is 106 Å². The molecule has 88 valence electrons. The maximum atomic E-state index is 12.0. The lowest BCUT2D eigenvalue weighted by atomic mass is 10.2. The third kappa shape index (κ3) is 1.85. The third-order valence-corrected chi connectivity index (χ3v) is 3.31. The van der Waals surface area contributed by atoms with Gasteiger partial charge in [0.2, 0.25) is 0 Å². The summed E-state index contributed by atoms with van der Waals surface area (Å²) in [6.07, 6.45) is 0.871. The molecule has 0 bridgehead atoms. The van der Waals surface area contributed by atoms with Crippen molar-refractivity contribution in [1.82, 2.24) is 5.06 Å². The average Bonchev–Trinajstić information content (AvgIpc) is 2.98. The standard InChI is InChI=1S/C12H10BrNO3/c13-9-4-1-3-8-7-10(17-11(8)9)12(15)14-5-2-6-16-14/h1,3-4,7H,2,5-6H2. The van der Waals surface area contributed by atoms with E-state index in [0.717, 1.165) is 16.3 Å². The van der Waals surface area contributed by atoms with Gasteiger partial charge in [0, 0.05) is 5.39 Å². The maximum absolute atomic E-state index is 12.0. The van der Waals surface area contributed by atoms with E-state index in [1.807, 2.05) is 18.2 Å². The van der Waals surface area contributed by atoms with Crippen molar-refractivity contribution in [3.63, 3.8) is 0 Å². The SMILES string of the molecule is O=C(c1cc2cccc(Br)c2o1)N1CCCO1. The highest BCUT2D eigenvalue weighted by Crippen LogP contribution is 2.27. The topological polar surface area (TPSA) is 42.7 Å². The molecule has 2 heterocycles. The van der Waals surface area contributed by atoms with Gasteiger partial charge in [-0.1, -0.05) is 12.1 Å². The summed E-state index contributed by atoms with van der Waals surface area (Å²) >= 11 is 3.39. The highest BCUT2D eigenvalue weighted by molar-refractivity contribution is 9.10. The predicted octanol–water partition coefficient (Wildman–Crippen LogP) is 2.97. The van der Waals surface area contributed by atoms with Crippen molar-refractivity contribution in [1.29, 1.82) is 0 Å². The van der Waals surface area contributed by atoms with Gasteiger partial charge in [-0.3, -0.25) is 9.63 Å². The van der Waals surface area contributed by atoms with E-state index in [2.05, 4.69) is 15.9 Å². The summed E-state index contributed by atoms with van der Waals surface area (Å²) in [5, 5.41) is 2.26. The Kier molecular flexibility index (Phi) is 2.64. The van der Waals surface area contributed by atoms with E-state index in [0.29, 0.717) is 24.5 Å². The van der Waals surface area contributed by atoms with Crippen molar-refractivity contribution < 1.29 is 14.0 Å². The Hall–Kier alpha value is -1.33. The summed E-state index contributed by atoms with van der Waals surface area (Å²) < 4.78 is 6.40. The molecule has 2 aromatic rings. The predicted molar refractivity (Wildman–Crippen MR) is 65.5 cm³/mol. The van der Waals surface area contributed by atoms with Gasteiger partial charge in [0.15, 0.2) is 5.76 Å². The zero-order valence-corrected chi connectivity index (χ0v) is 10.6. The number of carbonyl (C=O) groups excluding carboxylic acids is 1. The number of halogens is 1. The largest absolute Gasteiger partial charge is 0.450 e. The van der Waals surface area contributed by atoms with Crippen molar-refractivity contribution in [2.75, 3.05) is 13.2 Å². The van der Waals surface area contributed by atoms with E-state index >= 15 is 0 Å². The molecule has 1 aliphatic heterocycles. The molecule has 3 rings (SSSR count). The number of hydroxylamine groups is 2. The van der Waals surface area contributed by atoms with E-state index in [9.17, 15) is 4.79 Å². The van der Waals surface area contributed by atoms with E-state index in [1.165, 1.54) is 5.06 Å². The van der Waals surface area contributed by atoms with Gasteiger partial charge < -0.3 is 4.42 Å². The molecular formula is C12H10BrNO3. The molecule has 0 atom stereocenters. The van der Waals surface area contributed by atoms with Gasteiger partial charge in [-0.15, -0.1) is 0 Å². The van der Waals surface area contributed by atoms with Crippen molar-refractivity contribution in [3.8, 4) is 0 Å². The lowest BCUT2D eigenvalue weighted by Gasteiger charge is -2.10. The number of benzene rings is 1. The Balaban J connectivity index is 2.00. The monoisotopic (exact) mass is 295 g/mol. The van der Waals surface area contributed by atoms with Crippen LogP contribution >= 0.6 is 15.9 Å². The molecule has 1 amide bonds. The van der Waals surface area contributed by atoms with Gasteiger partial charge in [-0.05, 0) is 34.5 Å². The Bertz CT molecular complexity index is 572. The fourth-order valence-corrected chi connectivity index (χ4v) is 2.33. The molecule has 0 unspecified atom stereocenters. The van der Waals surface area contributed by atoms with Gasteiger partial charge in [-0.2, -0.15) is 0 Å². The Morgan fingerprint density at radius 3 is 3.00 bits per heavy atom. The first kappa shape index (κ1) is 10.8. The van der Waals surface area contributed by atoms with E-state index in [-0.39, 0.29) is 5.91 Å². The smallest absolute Gasteiger partial charge is 0.313 e. The first-order chi connectivity index (χ1) is 8.25. The maximum Gasteiger partial charge on any atom is 0.313 e. The highest BCUT2D eigenvalue weighted by Gasteiger charge is 2.24. The molecule has 4 nitrogen and oxygen atoms in total. The molecule has 0 radical (unpaired) electrons. The minimum atomic E-state index is -0.217. The van der Waals surface area contributed by atoms with Crippen LogP contribution in [0.25, 0.3) is 11.0 Å². The summed E-state index contributed by atoms with van der Waals surface area (Å²) in [4.78, 5) is 17.2. The number of rotatable bonds is 1. The molecule has 1 aromatic heterocycles. The first-order valence-electron chi connectivity index (χ1n) is 5.38. The van der Waals surface area contributed by atoms with Crippen LogP contribution in [0.1, 0.15) is 17.0 Å². The van der Waals surface area contributed by atoms with Gasteiger partial charge >= 0.3 is 5.91 Å². The number of nitrogens with zero attached hydrogens (tertiary/aromatic N) is 1. The van der Waals surface area contributed by atoms with Crippen LogP contribution in [0.5, 0.6) is 0 Å². The van der Waals surface area contributed by atoms with Crippen LogP contribution in [0.3, 0.4) is 0 Å². The molecule has 1 aliphatic rings. The van der Waals surface area contributed by atoms with Gasteiger partial charge in [-0.25, -0.2) is 5.06 Å². The summed E-state index contributed by atoms with van der Waals surface area (Å²) in [6.45, 7) is 1.21. The Morgan fingerprint density at radius 1 is 1.41 bits per heavy atom. The number of hydrogen-bond donors (Lipinski definition) is 0. The second-order valence-electron chi connectivity index (χ2n) is 3.86. The van der Waals surface area contributed by atoms with Crippen LogP contribution in [0.2, 0.25) is 0 Å². The second kappa shape index (κ2) is 4.16. The molecule has 5 heteroatoms. The van der Waals surface area contributed by atoms with Crippen LogP contribution in [0.15, 0.2) is 33.2 Å². The summed E-state index contributed by atoms with van der Waals surface area (Å²) in [6, 6.07) is 7.43. The van der Waals surface area contributed by atoms with Crippen LogP contribution in [0.4, 0.5) is 0 Å². The zero-order chi connectivity index (χ0) is 11.8. The summed E-state index contributed by atoms with van der Waals surface area (Å²) in [5.41, 5.74) is 0.690. The van der Waals surface area contributed by atoms with Crippen molar-refractivity contribution in [2.45, 2.75) is 6.42 Å². The van der Waals surface area contributed by atoms with Gasteiger partial charge in [0.05, 0.1) is 17.6 Å². The van der Waals surface area contributed by atoms with E-state index in [4.69, 9.17) is 9.25 Å². The van der Waals surface area contributed by atoms with Crippen molar-refractivity contribution in [2.24, 2.45) is 0 Å². The number of hydrogen-bond acceptors (Lipinski definition) is 3. The lowest BCUT2D eigenvalue weighted by Crippen LogP contribution is -2.25. The van der Waals surface area contributed by atoms with Crippen LogP contribution in [-0.2, 0) is 4.84 Å². The minimum Gasteiger partial charge on any atom is -0.450 e. The summed E-state index contributed by atoms with van der Waals surface area (Å²) in [7, 11) is 0. The number of fused-ring (bicyclic) bond motifs is 1. The number of para-hydroxylation sites is 1. The van der Waals surface area contributed by atoms with Gasteiger partial charge in [0.1, 0.15) is 5.58 Å². The molecule has 1 saturated heterocycles. The fraction of sp³-hybridized carbons (Fsp3) is 0.250. The molecule has 0 spiro atoms. The van der Waals surface area contributed by atoms with Crippen LogP contribution < -0.4 is 0 Å².